The standard InChI is InChI=1S/C15H30N2O/c1-6-9-16-13-8-7-10-17(14(13)18)11-15(4,5)12(2)3/h12-13,16H,6-11H2,1-5H3. The largest absolute Gasteiger partial charge is 0.341 e. The maximum Gasteiger partial charge on any atom is 0.239 e. The molecule has 1 heterocycles. The molecule has 106 valence electrons. The lowest BCUT2D eigenvalue weighted by Crippen LogP contribution is -2.53. The Kier molecular flexibility index (Phi) is 5.64. The summed E-state index contributed by atoms with van der Waals surface area (Å²) in [6, 6.07) is 0.0571. The molecule has 1 fully saturated rings. The Bertz CT molecular complexity index is 274. The Balaban J connectivity index is 2.58. The molecular formula is C15H30N2O. The molecule has 0 aromatic rings. The molecule has 0 aromatic carbocycles. The molecule has 0 aromatic heterocycles. The molecule has 3 heteroatoms. The lowest BCUT2D eigenvalue weighted by Gasteiger charge is -2.40. The predicted octanol–water partition coefficient (Wildman–Crippen LogP) is 2.66. The van der Waals surface area contributed by atoms with Crippen LogP contribution in [0.4, 0.5) is 0 Å². The molecule has 1 aliphatic rings. The quantitative estimate of drug-likeness (QED) is 0.790. The molecule has 0 spiro atoms. The second-order valence-corrected chi connectivity index (χ2v) is 6.55. The van der Waals surface area contributed by atoms with Crippen LogP contribution < -0.4 is 5.32 Å². The zero-order valence-corrected chi connectivity index (χ0v) is 12.8. The molecular weight excluding hydrogens is 224 g/mol. The Morgan fingerprint density at radius 3 is 2.67 bits per heavy atom. The van der Waals surface area contributed by atoms with Gasteiger partial charge in [0.05, 0.1) is 6.04 Å². The molecule has 1 atom stereocenters. The van der Waals surface area contributed by atoms with Crippen molar-refractivity contribution in [2.45, 2.75) is 59.9 Å². The third-order valence-corrected chi connectivity index (χ3v) is 4.33. The van der Waals surface area contributed by atoms with Crippen molar-refractivity contribution in [2.24, 2.45) is 11.3 Å². The topological polar surface area (TPSA) is 32.3 Å². The number of hydrogen-bond acceptors (Lipinski definition) is 2. The van der Waals surface area contributed by atoms with E-state index in [0.29, 0.717) is 11.8 Å². The van der Waals surface area contributed by atoms with Crippen LogP contribution in [0.15, 0.2) is 0 Å². The van der Waals surface area contributed by atoms with E-state index in [4.69, 9.17) is 0 Å². The van der Waals surface area contributed by atoms with Crippen LogP contribution in [0.2, 0.25) is 0 Å². The van der Waals surface area contributed by atoms with Crippen molar-refractivity contribution in [1.82, 2.24) is 10.2 Å². The van der Waals surface area contributed by atoms with Gasteiger partial charge in [-0.05, 0) is 37.1 Å². The fraction of sp³-hybridized carbons (Fsp3) is 0.933. The van der Waals surface area contributed by atoms with Crippen molar-refractivity contribution in [3.63, 3.8) is 0 Å². The highest BCUT2D eigenvalue weighted by atomic mass is 16.2. The van der Waals surface area contributed by atoms with Crippen LogP contribution >= 0.6 is 0 Å². The smallest absolute Gasteiger partial charge is 0.239 e. The van der Waals surface area contributed by atoms with Crippen LogP contribution in [-0.4, -0.2) is 36.5 Å². The molecule has 1 saturated heterocycles. The van der Waals surface area contributed by atoms with Gasteiger partial charge in [0.1, 0.15) is 0 Å². The summed E-state index contributed by atoms with van der Waals surface area (Å²) in [4.78, 5) is 14.5. The van der Waals surface area contributed by atoms with Crippen molar-refractivity contribution < 1.29 is 4.79 Å². The van der Waals surface area contributed by atoms with Gasteiger partial charge in [-0.3, -0.25) is 4.79 Å². The average molecular weight is 254 g/mol. The molecule has 0 saturated carbocycles. The number of hydrogen-bond donors (Lipinski definition) is 1. The number of likely N-dealkylation sites (tertiary alicyclic amines) is 1. The molecule has 1 aliphatic heterocycles. The number of rotatable bonds is 6. The maximum absolute atomic E-state index is 12.4. The number of piperidine rings is 1. The highest BCUT2D eigenvalue weighted by Gasteiger charge is 2.33. The molecule has 0 radical (unpaired) electrons. The van der Waals surface area contributed by atoms with E-state index >= 15 is 0 Å². The van der Waals surface area contributed by atoms with Gasteiger partial charge in [0, 0.05) is 13.1 Å². The normalized spacial score (nSPS) is 21.8. The van der Waals surface area contributed by atoms with Crippen LogP contribution in [0.25, 0.3) is 0 Å². The fourth-order valence-electron chi connectivity index (χ4n) is 2.28. The van der Waals surface area contributed by atoms with Crippen LogP contribution in [0.3, 0.4) is 0 Å². The van der Waals surface area contributed by atoms with Gasteiger partial charge >= 0.3 is 0 Å². The second kappa shape index (κ2) is 6.55. The average Bonchev–Trinajstić information content (AvgIpc) is 2.30. The summed E-state index contributed by atoms with van der Waals surface area (Å²) in [6.07, 6.45) is 3.21. The molecule has 18 heavy (non-hydrogen) atoms. The fourth-order valence-corrected chi connectivity index (χ4v) is 2.28. The Hall–Kier alpha value is -0.570. The summed E-state index contributed by atoms with van der Waals surface area (Å²) in [7, 11) is 0. The van der Waals surface area contributed by atoms with Gasteiger partial charge in [-0.15, -0.1) is 0 Å². The highest BCUT2D eigenvalue weighted by Crippen LogP contribution is 2.28. The van der Waals surface area contributed by atoms with Crippen LogP contribution in [0, 0.1) is 11.3 Å². The summed E-state index contributed by atoms with van der Waals surface area (Å²) in [5.41, 5.74) is 0.197. The first-order chi connectivity index (χ1) is 8.38. The number of carbonyl (C=O) groups excluding carboxylic acids is 1. The van der Waals surface area contributed by atoms with E-state index in [2.05, 4.69) is 44.8 Å². The highest BCUT2D eigenvalue weighted by molar-refractivity contribution is 5.82. The van der Waals surface area contributed by atoms with E-state index < -0.39 is 0 Å². The molecule has 1 N–H and O–H groups in total. The van der Waals surface area contributed by atoms with E-state index in [1.54, 1.807) is 0 Å². The zero-order valence-electron chi connectivity index (χ0n) is 12.8. The second-order valence-electron chi connectivity index (χ2n) is 6.55. The van der Waals surface area contributed by atoms with E-state index in [9.17, 15) is 4.79 Å². The minimum absolute atomic E-state index is 0.0571. The third-order valence-electron chi connectivity index (χ3n) is 4.33. The van der Waals surface area contributed by atoms with Gasteiger partial charge in [0.15, 0.2) is 0 Å². The van der Waals surface area contributed by atoms with Crippen molar-refractivity contribution in [3.05, 3.63) is 0 Å². The molecule has 0 aliphatic carbocycles. The first kappa shape index (κ1) is 15.5. The molecule has 1 rings (SSSR count). The SMILES string of the molecule is CCCNC1CCCN(CC(C)(C)C(C)C)C1=O. The molecule has 0 bridgehead atoms. The first-order valence-electron chi connectivity index (χ1n) is 7.40. The van der Waals surface area contributed by atoms with Crippen LogP contribution in [0.5, 0.6) is 0 Å². The van der Waals surface area contributed by atoms with E-state index in [0.717, 1.165) is 38.9 Å². The van der Waals surface area contributed by atoms with Crippen LogP contribution in [0.1, 0.15) is 53.9 Å². The van der Waals surface area contributed by atoms with Crippen LogP contribution in [-0.2, 0) is 4.79 Å². The van der Waals surface area contributed by atoms with Gasteiger partial charge in [-0.2, -0.15) is 0 Å². The van der Waals surface area contributed by atoms with Crippen molar-refractivity contribution in [3.8, 4) is 0 Å². The number of nitrogens with zero attached hydrogens (tertiary/aromatic N) is 1. The number of amides is 1. The van der Waals surface area contributed by atoms with Crippen molar-refractivity contribution in [2.75, 3.05) is 19.6 Å². The Morgan fingerprint density at radius 1 is 1.44 bits per heavy atom. The van der Waals surface area contributed by atoms with E-state index in [1.165, 1.54) is 0 Å². The third kappa shape index (κ3) is 3.98. The summed E-state index contributed by atoms with van der Waals surface area (Å²) in [5.74, 6) is 0.901. The van der Waals surface area contributed by atoms with Gasteiger partial charge in [-0.25, -0.2) is 0 Å². The van der Waals surface area contributed by atoms with Crippen molar-refractivity contribution >= 4 is 5.91 Å². The lowest BCUT2D eigenvalue weighted by molar-refractivity contribution is -0.137. The monoisotopic (exact) mass is 254 g/mol. The first-order valence-corrected chi connectivity index (χ1v) is 7.40. The predicted molar refractivity (Wildman–Crippen MR) is 76.5 cm³/mol. The van der Waals surface area contributed by atoms with Gasteiger partial charge in [0.2, 0.25) is 5.91 Å². The minimum Gasteiger partial charge on any atom is -0.341 e. The van der Waals surface area contributed by atoms with Gasteiger partial charge in [-0.1, -0.05) is 34.6 Å². The summed E-state index contributed by atoms with van der Waals surface area (Å²) in [5, 5.41) is 3.37. The summed E-state index contributed by atoms with van der Waals surface area (Å²) >= 11 is 0. The summed E-state index contributed by atoms with van der Waals surface area (Å²) in [6.45, 7) is 13.9. The molecule has 3 nitrogen and oxygen atoms in total. The summed E-state index contributed by atoms with van der Waals surface area (Å²) < 4.78 is 0. The minimum atomic E-state index is 0.0571. The lowest BCUT2D eigenvalue weighted by atomic mass is 9.80. The Morgan fingerprint density at radius 2 is 2.11 bits per heavy atom. The number of nitrogens with one attached hydrogen (secondary N) is 1. The van der Waals surface area contributed by atoms with Gasteiger partial charge in [0.25, 0.3) is 0 Å². The number of carbonyl (C=O) groups is 1. The molecule has 1 amide bonds. The van der Waals surface area contributed by atoms with E-state index in [1.807, 2.05) is 0 Å². The zero-order chi connectivity index (χ0) is 13.8. The van der Waals surface area contributed by atoms with E-state index in [-0.39, 0.29) is 11.5 Å². The van der Waals surface area contributed by atoms with Crippen molar-refractivity contribution in [1.29, 1.82) is 0 Å². The maximum atomic E-state index is 12.4. The van der Waals surface area contributed by atoms with Gasteiger partial charge < -0.3 is 10.2 Å². The molecule has 1 unspecified atom stereocenters. The Labute approximate surface area is 112 Å².